The number of rotatable bonds is 1. The third-order valence-electron chi connectivity index (χ3n) is 5.10. The summed E-state index contributed by atoms with van der Waals surface area (Å²) >= 11 is 3.60. The molecule has 2 aromatic rings. The van der Waals surface area contributed by atoms with Gasteiger partial charge in [-0.15, -0.1) is 0 Å². The second kappa shape index (κ2) is 4.70. The molecule has 0 heterocycles. The molecule has 0 amide bonds. The molecule has 2 aliphatic carbocycles. The van der Waals surface area contributed by atoms with Gasteiger partial charge in [0.2, 0.25) is 0 Å². The Morgan fingerprint density at radius 3 is 2.19 bits per heavy atom. The molecule has 4 rings (SSSR count). The minimum Gasteiger partial charge on any atom is -0.423 e. The topological polar surface area (TPSA) is 40.5 Å². The first kappa shape index (κ1) is 13.6. The fraction of sp³-hybridized carbons (Fsp3) is 0.294. The molecule has 1 spiro atoms. The summed E-state index contributed by atoms with van der Waals surface area (Å²) in [6.45, 7) is 0. The van der Waals surface area contributed by atoms with Gasteiger partial charge in [0.25, 0.3) is 0 Å². The Bertz CT molecular complexity index is 721. The molecular weight excluding hydrogens is 327 g/mol. The molecule has 21 heavy (non-hydrogen) atoms. The number of fused-ring (bicyclic) bond motifs is 5. The molecular formula is C17H16BBrO2. The van der Waals surface area contributed by atoms with Crippen molar-refractivity contribution in [3.63, 3.8) is 0 Å². The third-order valence-corrected chi connectivity index (χ3v) is 5.60. The average Bonchev–Trinajstić information content (AvgIpc) is 3.05. The van der Waals surface area contributed by atoms with Crippen molar-refractivity contribution in [2.75, 3.05) is 0 Å². The molecule has 2 aromatic carbocycles. The zero-order valence-electron chi connectivity index (χ0n) is 11.6. The fourth-order valence-electron chi connectivity index (χ4n) is 4.16. The van der Waals surface area contributed by atoms with E-state index < -0.39 is 7.12 Å². The van der Waals surface area contributed by atoms with Gasteiger partial charge in [-0.05, 0) is 52.7 Å². The molecule has 0 radical (unpaired) electrons. The Morgan fingerprint density at radius 1 is 0.905 bits per heavy atom. The van der Waals surface area contributed by atoms with Gasteiger partial charge in [0.1, 0.15) is 0 Å². The lowest BCUT2D eigenvalue weighted by Gasteiger charge is -2.27. The van der Waals surface area contributed by atoms with Gasteiger partial charge < -0.3 is 10.0 Å². The Balaban J connectivity index is 2.00. The van der Waals surface area contributed by atoms with E-state index in [0.29, 0.717) is 5.46 Å². The number of halogens is 1. The van der Waals surface area contributed by atoms with Crippen LogP contribution in [0.15, 0.2) is 40.9 Å². The van der Waals surface area contributed by atoms with Crippen LogP contribution < -0.4 is 5.46 Å². The summed E-state index contributed by atoms with van der Waals surface area (Å²) < 4.78 is 1.11. The fourth-order valence-corrected chi connectivity index (χ4v) is 4.52. The summed E-state index contributed by atoms with van der Waals surface area (Å²) in [6, 6.07) is 12.4. The minimum atomic E-state index is -1.40. The summed E-state index contributed by atoms with van der Waals surface area (Å²) in [5.41, 5.74) is 5.89. The van der Waals surface area contributed by atoms with Crippen LogP contribution in [0.4, 0.5) is 0 Å². The largest absolute Gasteiger partial charge is 0.488 e. The lowest BCUT2D eigenvalue weighted by atomic mass is 9.73. The zero-order valence-corrected chi connectivity index (χ0v) is 13.2. The van der Waals surface area contributed by atoms with E-state index in [1.54, 1.807) is 0 Å². The van der Waals surface area contributed by atoms with Crippen LogP contribution in [0.3, 0.4) is 0 Å². The molecule has 0 aliphatic heterocycles. The maximum Gasteiger partial charge on any atom is 0.488 e. The number of benzene rings is 2. The highest BCUT2D eigenvalue weighted by Gasteiger charge is 2.45. The lowest BCUT2D eigenvalue weighted by molar-refractivity contribution is 0.425. The number of hydrogen-bond acceptors (Lipinski definition) is 2. The second-order valence-electron chi connectivity index (χ2n) is 6.16. The van der Waals surface area contributed by atoms with Crippen molar-refractivity contribution in [2.45, 2.75) is 31.1 Å². The SMILES string of the molecule is OB(O)c1ccc2c(c1)C1(CCCC1)c1cc(Br)ccc1-2. The summed E-state index contributed by atoms with van der Waals surface area (Å²) in [6.07, 6.45) is 4.76. The van der Waals surface area contributed by atoms with Crippen molar-refractivity contribution >= 4 is 28.5 Å². The van der Waals surface area contributed by atoms with Gasteiger partial charge in [0, 0.05) is 9.89 Å². The first-order valence-corrected chi connectivity index (χ1v) is 8.22. The van der Waals surface area contributed by atoms with Crippen LogP contribution in [0.1, 0.15) is 36.8 Å². The van der Waals surface area contributed by atoms with Gasteiger partial charge in [0.15, 0.2) is 0 Å². The molecule has 1 fully saturated rings. The van der Waals surface area contributed by atoms with E-state index in [1.807, 2.05) is 18.2 Å². The van der Waals surface area contributed by atoms with Gasteiger partial charge in [-0.2, -0.15) is 0 Å². The van der Waals surface area contributed by atoms with E-state index in [0.717, 1.165) is 17.3 Å². The molecule has 0 unspecified atom stereocenters. The molecule has 0 bridgehead atoms. The quantitative estimate of drug-likeness (QED) is 0.782. The average molecular weight is 343 g/mol. The first-order chi connectivity index (χ1) is 10.1. The van der Waals surface area contributed by atoms with E-state index in [2.05, 4.69) is 34.1 Å². The Hall–Kier alpha value is -1.10. The maximum atomic E-state index is 9.50. The lowest BCUT2D eigenvalue weighted by Crippen LogP contribution is -2.31. The molecule has 1 saturated carbocycles. The maximum absolute atomic E-state index is 9.50. The van der Waals surface area contributed by atoms with Crippen LogP contribution >= 0.6 is 15.9 Å². The Kier molecular flexibility index (Phi) is 3.04. The molecule has 2 nitrogen and oxygen atoms in total. The predicted molar refractivity (Wildman–Crippen MR) is 88.7 cm³/mol. The molecule has 0 saturated heterocycles. The predicted octanol–water partition coefficient (Wildman–Crippen LogP) is 2.97. The molecule has 0 atom stereocenters. The first-order valence-electron chi connectivity index (χ1n) is 7.43. The molecule has 106 valence electrons. The van der Waals surface area contributed by atoms with E-state index in [4.69, 9.17) is 0 Å². The van der Waals surface area contributed by atoms with Crippen molar-refractivity contribution in [3.05, 3.63) is 52.0 Å². The van der Waals surface area contributed by atoms with E-state index in [-0.39, 0.29) is 5.41 Å². The van der Waals surface area contributed by atoms with Gasteiger partial charge in [-0.1, -0.05) is 53.0 Å². The Labute approximate surface area is 133 Å². The van der Waals surface area contributed by atoms with Crippen molar-refractivity contribution in [3.8, 4) is 11.1 Å². The molecule has 2 N–H and O–H groups in total. The summed E-state index contributed by atoms with van der Waals surface area (Å²) in [7, 11) is -1.40. The third kappa shape index (κ3) is 1.86. The highest BCUT2D eigenvalue weighted by molar-refractivity contribution is 9.10. The van der Waals surface area contributed by atoms with Crippen molar-refractivity contribution in [1.29, 1.82) is 0 Å². The van der Waals surface area contributed by atoms with Gasteiger partial charge in [0.05, 0.1) is 0 Å². The molecule has 2 aliphatic rings. The monoisotopic (exact) mass is 342 g/mol. The van der Waals surface area contributed by atoms with Crippen molar-refractivity contribution < 1.29 is 10.0 Å². The highest BCUT2D eigenvalue weighted by Crippen LogP contribution is 2.56. The molecule has 4 heteroatoms. The molecule has 0 aromatic heterocycles. The summed E-state index contributed by atoms with van der Waals surface area (Å²) in [5.74, 6) is 0. The summed E-state index contributed by atoms with van der Waals surface area (Å²) in [5, 5.41) is 19.0. The van der Waals surface area contributed by atoms with E-state index in [1.165, 1.54) is 35.1 Å². The van der Waals surface area contributed by atoms with Crippen LogP contribution in [0.25, 0.3) is 11.1 Å². The van der Waals surface area contributed by atoms with Gasteiger partial charge in [-0.25, -0.2) is 0 Å². The highest BCUT2D eigenvalue weighted by atomic mass is 79.9. The van der Waals surface area contributed by atoms with Crippen LogP contribution in [0.2, 0.25) is 0 Å². The van der Waals surface area contributed by atoms with Crippen LogP contribution in [-0.4, -0.2) is 17.2 Å². The van der Waals surface area contributed by atoms with E-state index in [9.17, 15) is 10.0 Å². The Morgan fingerprint density at radius 2 is 1.52 bits per heavy atom. The van der Waals surface area contributed by atoms with Crippen LogP contribution in [0, 0.1) is 0 Å². The standard InChI is InChI=1S/C17H16BBrO2/c19-12-4-6-14-13-5-3-11(18(20)21)9-15(13)17(16(14)10-12)7-1-2-8-17/h3-6,9-10,20-21H,1-2,7-8H2. The van der Waals surface area contributed by atoms with Crippen molar-refractivity contribution in [1.82, 2.24) is 0 Å². The second-order valence-corrected chi connectivity index (χ2v) is 7.07. The van der Waals surface area contributed by atoms with Gasteiger partial charge >= 0.3 is 7.12 Å². The van der Waals surface area contributed by atoms with E-state index >= 15 is 0 Å². The normalized spacial score (nSPS) is 17.9. The minimum absolute atomic E-state index is 0.0688. The number of hydrogen-bond donors (Lipinski definition) is 2. The smallest absolute Gasteiger partial charge is 0.423 e. The van der Waals surface area contributed by atoms with Crippen LogP contribution in [-0.2, 0) is 5.41 Å². The zero-order chi connectivity index (χ0) is 14.6. The van der Waals surface area contributed by atoms with Gasteiger partial charge in [-0.3, -0.25) is 0 Å². The summed E-state index contributed by atoms with van der Waals surface area (Å²) in [4.78, 5) is 0. The van der Waals surface area contributed by atoms with Crippen molar-refractivity contribution in [2.24, 2.45) is 0 Å². The van der Waals surface area contributed by atoms with Crippen LogP contribution in [0.5, 0.6) is 0 Å².